The lowest BCUT2D eigenvalue weighted by atomic mass is 10.2. The van der Waals surface area contributed by atoms with Crippen molar-refractivity contribution in [3.8, 4) is 0 Å². The third kappa shape index (κ3) is 4.03. The molecular formula is C14H14F3N3OS. The number of hydrogen-bond donors (Lipinski definition) is 1. The molecule has 1 aromatic carbocycles. The average Bonchev–Trinajstić information content (AvgIpc) is 2.84. The number of benzene rings is 1. The molecule has 0 unspecified atom stereocenters. The number of carbonyl (C=O) groups is 1. The number of nitrogens with zero attached hydrogens (tertiary/aromatic N) is 2. The normalized spacial score (nSPS) is 13.0. The van der Waals surface area contributed by atoms with Gasteiger partial charge in [-0.3, -0.25) is 4.79 Å². The van der Waals surface area contributed by atoms with Crippen LogP contribution in [0.2, 0.25) is 0 Å². The summed E-state index contributed by atoms with van der Waals surface area (Å²) in [5.74, 6) is -0.298. The SMILES string of the molecule is C[C@H](Sc1nccn1C)C(=O)Nc1ccc(C(F)(F)F)cc1. The second-order valence-corrected chi connectivity index (χ2v) is 5.95. The minimum atomic E-state index is -4.39. The molecule has 1 heterocycles. The van der Waals surface area contributed by atoms with Crippen LogP contribution in [-0.2, 0) is 18.0 Å². The first-order chi connectivity index (χ1) is 10.3. The molecule has 4 nitrogen and oxygen atoms in total. The van der Waals surface area contributed by atoms with Crippen molar-refractivity contribution in [2.24, 2.45) is 7.05 Å². The number of aryl methyl sites for hydroxylation is 1. The van der Waals surface area contributed by atoms with Gasteiger partial charge in [0.25, 0.3) is 0 Å². The molecule has 1 atom stereocenters. The third-order valence-corrected chi connectivity index (χ3v) is 4.08. The summed E-state index contributed by atoms with van der Waals surface area (Å²) in [6.07, 6.45) is -0.991. The monoisotopic (exact) mass is 329 g/mol. The van der Waals surface area contributed by atoms with Crippen LogP contribution in [0.25, 0.3) is 0 Å². The fraction of sp³-hybridized carbons (Fsp3) is 0.286. The lowest BCUT2D eigenvalue weighted by molar-refractivity contribution is -0.137. The van der Waals surface area contributed by atoms with Crippen molar-refractivity contribution >= 4 is 23.4 Å². The van der Waals surface area contributed by atoms with E-state index in [1.807, 2.05) is 7.05 Å². The molecular weight excluding hydrogens is 315 g/mol. The summed E-state index contributed by atoms with van der Waals surface area (Å²) in [7, 11) is 1.82. The highest BCUT2D eigenvalue weighted by Crippen LogP contribution is 2.30. The highest BCUT2D eigenvalue weighted by molar-refractivity contribution is 8.00. The van der Waals surface area contributed by atoms with Crippen molar-refractivity contribution in [3.05, 3.63) is 42.2 Å². The number of anilines is 1. The molecule has 1 aromatic heterocycles. The van der Waals surface area contributed by atoms with E-state index in [2.05, 4.69) is 10.3 Å². The van der Waals surface area contributed by atoms with Crippen LogP contribution >= 0.6 is 11.8 Å². The van der Waals surface area contributed by atoms with Gasteiger partial charge in [0.2, 0.25) is 5.91 Å². The summed E-state index contributed by atoms with van der Waals surface area (Å²) < 4.78 is 39.2. The van der Waals surface area contributed by atoms with Crippen molar-refractivity contribution in [2.45, 2.75) is 23.5 Å². The lowest BCUT2D eigenvalue weighted by Gasteiger charge is -2.12. The molecule has 2 rings (SSSR count). The van der Waals surface area contributed by atoms with E-state index >= 15 is 0 Å². The molecule has 2 aromatic rings. The zero-order valence-electron chi connectivity index (χ0n) is 11.9. The molecule has 0 aliphatic rings. The Kier molecular flexibility index (Phi) is 4.80. The molecule has 0 fully saturated rings. The number of halogens is 3. The zero-order valence-corrected chi connectivity index (χ0v) is 12.7. The molecule has 0 saturated heterocycles. The minimum absolute atomic E-state index is 0.298. The van der Waals surface area contributed by atoms with Gasteiger partial charge in [-0.1, -0.05) is 11.8 Å². The molecule has 0 aliphatic carbocycles. The Bertz CT molecular complexity index is 652. The van der Waals surface area contributed by atoms with E-state index in [-0.39, 0.29) is 5.91 Å². The van der Waals surface area contributed by atoms with Gasteiger partial charge in [0.05, 0.1) is 10.8 Å². The van der Waals surface area contributed by atoms with Crippen LogP contribution in [0, 0.1) is 0 Å². The second kappa shape index (κ2) is 6.43. The number of rotatable bonds is 4. The van der Waals surface area contributed by atoms with Crippen molar-refractivity contribution < 1.29 is 18.0 Å². The first kappa shape index (κ1) is 16.4. The largest absolute Gasteiger partial charge is 0.416 e. The number of amides is 1. The molecule has 0 bridgehead atoms. The van der Waals surface area contributed by atoms with Crippen LogP contribution in [0.5, 0.6) is 0 Å². The van der Waals surface area contributed by atoms with E-state index in [4.69, 9.17) is 0 Å². The maximum absolute atomic E-state index is 12.5. The molecule has 0 spiro atoms. The first-order valence-electron chi connectivity index (χ1n) is 6.39. The number of alkyl halides is 3. The lowest BCUT2D eigenvalue weighted by Crippen LogP contribution is -2.22. The molecule has 8 heteroatoms. The standard InChI is InChI=1S/C14H14F3N3OS/c1-9(22-13-18-7-8-20(13)2)12(21)19-11-5-3-10(4-6-11)14(15,16)17/h3-9H,1-2H3,(H,19,21)/t9-/m0/s1. The second-order valence-electron chi connectivity index (χ2n) is 4.65. The maximum atomic E-state index is 12.5. The number of imidazole rings is 1. The first-order valence-corrected chi connectivity index (χ1v) is 7.27. The van der Waals surface area contributed by atoms with Crippen LogP contribution in [0.1, 0.15) is 12.5 Å². The van der Waals surface area contributed by atoms with Crippen LogP contribution in [0.15, 0.2) is 41.8 Å². The Morgan fingerprint density at radius 2 is 1.95 bits per heavy atom. The van der Waals surface area contributed by atoms with Crippen LogP contribution in [0.3, 0.4) is 0 Å². The predicted octanol–water partition coefficient (Wildman–Crippen LogP) is 3.56. The summed E-state index contributed by atoms with van der Waals surface area (Å²) in [4.78, 5) is 16.1. The highest BCUT2D eigenvalue weighted by atomic mass is 32.2. The van der Waals surface area contributed by atoms with Gasteiger partial charge in [-0.25, -0.2) is 4.98 Å². The Hall–Kier alpha value is -1.96. The molecule has 0 radical (unpaired) electrons. The summed E-state index contributed by atoms with van der Waals surface area (Å²) in [6.45, 7) is 1.71. The average molecular weight is 329 g/mol. The molecule has 22 heavy (non-hydrogen) atoms. The Morgan fingerprint density at radius 1 is 1.32 bits per heavy atom. The molecule has 1 amide bonds. The van der Waals surface area contributed by atoms with Gasteiger partial charge in [-0.2, -0.15) is 13.2 Å². The number of carbonyl (C=O) groups excluding carboxylic acids is 1. The maximum Gasteiger partial charge on any atom is 0.416 e. The van der Waals surface area contributed by atoms with Gasteiger partial charge < -0.3 is 9.88 Å². The van der Waals surface area contributed by atoms with Crippen LogP contribution < -0.4 is 5.32 Å². The molecule has 1 N–H and O–H groups in total. The van der Waals surface area contributed by atoms with E-state index in [0.29, 0.717) is 10.8 Å². The van der Waals surface area contributed by atoms with Crippen molar-refractivity contribution in [1.82, 2.24) is 9.55 Å². The highest BCUT2D eigenvalue weighted by Gasteiger charge is 2.30. The van der Waals surface area contributed by atoms with Gasteiger partial charge in [-0.15, -0.1) is 0 Å². The molecule has 118 valence electrons. The summed E-state index contributed by atoms with van der Waals surface area (Å²) in [6, 6.07) is 4.34. The van der Waals surface area contributed by atoms with Crippen LogP contribution in [0.4, 0.5) is 18.9 Å². The third-order valence-electron chi connectivity index (χ3n) is 2.91. The summed E-state index contributed by atoms with van der Waals surface area (Å²) >= 11 is 1.27. The zero-order chi connectivity index (χ0) is 16.3. The predicted molar refractivity (Wildman–Crippen MR) is 78.6 cm³/mol. The number of nitrogens with one attached hydrogen (secondary N) is 1. The van der Waals surface area contributed by atoms with E-state index in [1.54, 1.807) is 23.9 Å². The van der Waals surface area contributed by atoms with Crippen molar-refractivity contribution in [1.29, 1.82) is 0 Å². The molecule has 0 saturated carbocycles. The summed E-state index contributed by atoms with van der Waals surface area (Å²) in [5, 5.41) is 2.85. The quantitative estimate of drug-likeness (QED) is 0.873. The summed E-state index contributed by atoms with van der Waals surface area (Å²) in [5.41, 5.74) is -0.425. The van der Waals surface area contributed by atoms with Gasteiger partial charge in [0.15, 0.2) is 5.16 Å². The van der Waals surface area contributed by atoms with E-state index < -0.39 is 17.0 Å². The topological polar surface area (TPSA) is 46.9 Å². The fourth-order valence-electron chi connectivity index (χ4n) is 1.66. The minimum Gasteiger partial charge on any atom is -0.329 e. The van der Waals surface area contributed by atoms with Crippen molar-refractivity contribution in [3.63, 3.8) is 0 Å². The fourth-order valence-corrected chi connectivity index (χ4v) is 2.49. The van der Waals surface area contributed by atoms with Gasteiger partial charge in [-0.05, 0) is 31.2 Å². The number of hydrogen-bond acceptors (Lipinski definition) is 3. The van der Waals surface area contributed by atoms with E-state index in [0.717, 1.165) is 12.1 Å². The van der Waals surface area contributed by atoms with E-state index in [9.17, 15) is 18.0 Å². The van der Waals surface area contributed by atoms with E-state index in [1.165, 1.54) is 23.9 Å². The molecule has 0 aliphatic heterocycles. The smallest absolute Gasteiger partial charge is 0.329 e. The Balaban J connectivity index is 1.98. The van der Waals surface area contributed by atoms with Gasteiger partial charge in [0, 0.05) is 25.1 Å². The Labute approximate surface area is 129 Å². The van der Waals surface area contributed by atoms with Crippen molar-refractivity contribution in [2.75, 3.05) is 5.32 Å². The van der Waals surface area contributed by atoms with Gasteiger partial charge in [0.1, 0.15) is 0 Å². The number of aromatic nitrogens is 2. The Morgan fingerprint density at radius 3 is 2.45 bits per heavy atom. The number of thioether (sulfide) groups is 1. The van der Waals surface area contributed by atoms with Crippen LogP contribution in [-0.4, -0.2) is 20.7 Å². The van der Waals surface area contributed by atoms with Gasteiger partial charge >= 0.3 is 6.18 Å².